The average Bonchev–Trinajstić information content (AvgIpc) is 2.99. The van der Waals surface area contributed by atoms with Crippen molar-refractivity contribution in [2.45, 2.75) is 20.0 Å². The maximum Gasteiger partial charge on any atom is 0.421 e. The molecule has 0 bridgehead atoms. The van der Waals surface area contributed by atoms with Crippen LogP contribution in [0.1, 0.15) is 17.0 Å². The van der Waals surface area contributed by atoms with E-state index in [1.807, 2.05) is 19.9 Å². The number of ether oxygens (including phenoxy) is 1. The van der Waals surface area contributed by atoms with Crippen molar-refractivity contribution >= 4 is 17.5 Å². The fraction of sp³-hybridized carbons (Fsp3) is 0.278. The van der Waals surface area contributed by atoms with Gasteiger partial charge in [0.2, 0.25) is 5.95 Å². The van der Waals surface area contributed by atoms with Crippen molar-refractivity contribution in [3.63, 3.8) is 0 Å². The van der Waals surface area contributed by atoms with Crippen LogP contribution < -0.4 is 15.4 Å². The van der Waals surface area contributed by atoms with Crippen LogP contribution in [0, 0.1) is 13.8 Å². The summed E-state index contributed by atoms with van der Waals surface area (Å²) in [6.45, 7) is 3.64. The van der Waals surface area contributed by atoms with Crippen molar-refractivity contribution in [2.75, 3.05) is 24.8 Å². The molecule has 0 amide bonds. The number of methoxy groups -OCH3 is 1. The summed E-state index contributed by atoms with van der Waals surface area (Å²) in [7, 11) is 2.85. The third kappa shape index (κ3) is 3.71. The van der Waals surface area contributed by atoms with Crippen LogP contribution >= 0.6 is 0 Å². The maximum absolute atomic E-state index is 13.0. The Bertz CT molecular complexity index is 982. The Hall–Kier alpha value is -3.30. The Balaban J connectivity index is 1.95. The highest BCUT2D eigenvalue weighted by molar-refractivity contribution is 5.75. The summed E-state index contributed by atoms with van der Waals surface area (Å²) in [5, 5.41) is 9.26. The van der Waals surface area contributed by atoms with Crippen molar-refractivity contribution < 1.29 is 22.4 Å². The largest absolute Gasteiger partial charge is 0.495 e. The van der Waals surface area contributed by atoms with Gasteiger partial charge in [-0.25, -0.2) is 4.98 Å². The first-order valence-electron chi connectivity index (χ1n) is 8.25. The number of rotatable bonds is 5. The quantitative estimate of drug-likeness (QED) is 0.657. The molecule has 28 heavy (non-hydrogen) atoms. The number of aryl methyl sites for hydroxylation is 2. The molecule has 2 aromatic heterocycles. The van der Waals surface area contributed by atoms with Crippen LogP contribution in [0.2, 0.25) is 0 Å². The molecule has 3 rings (SSSR count). The smallest absolute Gasteiger partial charge is 0.421 e. The van der Waals surface area contributed by atoms with E-state index in [1.165, 1.54) is 14.2 Å². The van der Waals surface area contributed by atoms with Gasteiger partial charge in [-0.1, -0.05) is 11.2 Å². The van der Waals surface area contributed by atoms with E-state index < -0.39 is 11.7 Å². The molecule has 2 heterocycles. The standard InChI is InChI=1S/C18H18F3N5O2/c1-9-15(10(2)28-26-9)11-5-6-13(14(7-11)27-4)24-17-23-8-12(18(19,20)21)16(22-3)25-17/h5-8H,1-4H3,(H2,22,23,24,25). The summed E-state index contributed by atoms with van der Waals surface area (Å²) in [5.74, 6) is 0.814. The van der Waals surface area contributed by atoms with Crippen molar-refractivity contribution in [1.29, 1.82) is 0 Å². The summed E-state index contributed by atoms with van der Waals surface area (Å²) in [6.07, 6.45) is -3.82. The molecule has 0 saturated carbocycles. The van der Waals surface area contributed by atoms with Crippen LogP contribution in [0.5, 0.6) is 5.75 Å². The molecule has 0 atom stereocenters. The number of nitrogens with one attached hydrogen (secondary N) is 2. The molecule has 0 spiro atoms. The lowest BCUT2D eigenvalue weighted by molar-refractivity contribution is -0.137. The predicted molar refractivity (Wildman–Crippen MR) is 97.8 cm³/mol. The van der Waals surface area contributed by atoms with E-state index in [9.17, 15) is 13.2 Å². The van der Waals surface area contributed by atoms with Crippen LogP contribution in [-0.4, -0.2) is 29.3 Å². The van der Waals surface area contributed by atoms with Crippen molar-refractivity contribution in [3.8, 4) is 16.9 Å². The Morgan fingerprint density at radius 3 is 2.50 bits per heavy atom. The molecule has 0 fully saturated rings. The fourth-order valence-corrected chi connectivity index (χ4v) is 2.81. The van der Waals surface area contributed by atoms with E-state index in [0.717, 1.165) is 23.0 Å². The highest BCUT2D eigenvalue weighted by atomic mass is 19.4. The zero-order valence-corrected chi connectivity index (χ0v) is 15.6. The van der Waals surface area contributed by atoms with E-state index >= 15 is 0 Å². The minimum absolute atomic E-state index is 0.000684. The van der Waals surface area contributed by atoms with Gasteiger partial charge in [-0.3, -0.25) is 0 Å². The minimum atomic E-state index is -4.55. The van der Waals surface area contributed by atoms with Crippen LogP contribution in [-0.2, 0) is 6.18 Å². The van der Waals surface area contributed by atoms with E-state index in [4.69, 9.17) is 9.26 Å². The molecule has 0 aliphatic rings. The van der Waals surface area contributed by atoms with Crippen LogP contribution in [0.4, 0.5) is 30.6 Å². The summed E-state index contributed by atoms with van der Waals surface area (Å²) in [5.41, 5.74) is 1.99. The van der Waals surface area contributed by atoms with Gasteiger partial charge in [0, 0.05) is 18.8 Å². The molecule has 0 aliphatic heterocycles. The molecule has 148 valence electrons. The Kier molecular flexibility index (Phi) is 5.12. The van der Waals surface area contributed by atoms with Crippen LogP contribution in [0.25, 0.3) is 11.1 Å². The Labute approximate surface area is 158 Å². The van der Waals surface area contributed by atoms with Gasteiger partial charge in [-0.15, -0.1) is 0 Å². The van der Waals surface area contributed by atoms with Crippen molar-refractivity contribution in [1.82, 2.24) is 15.1 Å². The molecule has 10 heteroatoms. The molecule has 7 nitrogen and oxygen atoms in total. The normalized spacial score (nSPS) is 11.4. The number of nitrogens with zero attached hydrogens (tertiary/aromatic N) is 3. The first kappa shape index (κ1) is 19.5. The lowest BCUT2D eigenvalue weighted by Crippen LogP contribution is -2.12. The molecular weight excluding hydrogens is 375 g/mol. The summed E-state index contributed by atoms with van der Waals surface area (Å²) in [6, 6.07) is 5.32. The van der Waals surface area contributed by atoms with Gasteiger partial charge in [0.15, 0.2) is 0 Å². The van der Waals surface area contributed by atoms with Gasteiger partial charge in [0.1, 0.15) is 22.9 Å². The second kappa shape index (κ2) is 7.37. The number of alkyl halides is 3. The number of aromatic nitrogens is 3. The average molecular weight is 393 g/mol. The van der Waals surface area contributed by atoms with Crippen LogP contribution in [0.15, 0.2) is 28.9 Å². The van der Waals surface area contributed by atoms with Gasteiger partial charge in [-0.2, -0.15) is 18.2 Å². The monoisotopic (exact) mass is 393 g/mol. The molecule has 0 aliphatic carbocycles. The zero-order valence-electron chi connectivity index (χ0n) is 15.6. The lowest BCUT2D eigenvalue weighted by Gasteiger charge is -2.15. The van der Waals surface area contributed by atoms with Gasteiger partial charge in [-0.05, 0) is 31.5 Å². The van der Waals surface area contributed by atoms with Gasteiger partial charge < -0.3 is 19.9 Å². The molecular formula is C18H18F3N5O2. The lowest BCUT2D eigenvalue weighted by atomic mass is 10.0. The van der Waals surface area contributed by atoms with Crippen molar-refractivity contribution in [2.24, 2.45) is 0 Å². The molecule has 0 radical (unpaired) electrons. The second-order valence-corrected chi connectivity index (χ2v) is 5.94. The highest BCUT2D eigenvalue weighted by Gasteiger charge is 2.35. The fourth-order valence-electron chi connectivity index (χ4n) is 2.81. The Morgan fingerprint density at radius 1 is 1.18 bits per heavy atom. The van der Waals surface area contributed by atoms with E-state index in [0.29, 0.717) is 17.2 Å². The molecule has 0 saturated heterocycles. The molecule has 2 N–H and O–H groups in total. The van der Waals surface area contributed by atoms with Crippen molar-refractivity contribution in [3.05, 3.63) is 41.4 Å². The summed E-state index contributed by atoms with van der Waals surface area (Å²) < 4.78 is 49.5. The van der Waals surface area contributed by atoms with Gasteiger partial charge in [0.25, 0.3) is 0 Å². The molecule has 1 aromatic carbocycles. The van der Waals surface area contributed by atoms with Gasteiger partial charge in [0.05, 0.1) is 18.5 Å². The summed E-state index contributed by atoms with van der Waals surface area (Å²) >= 11 is 0. The molecule has 3 aromatic rings. The molecule has 0 unspecified atom stereocenters. The third-order valence-corrected chi connectivity index (χ3v) is 4.10. The number of halogens is 3. The van der Waals surface area contributed by atoms with Gasteiger partial charge >= 0.3 is 6.18 Å². The maximum atomic E-state index is 13.0. The topological polar surface area (TPSA) is 85.1 Å². The zero-order chi connectivity index (χ0) is 20.5. The Morgan fingerprint density at radius 2 is 1.93 bits per heavy atom. The van der Waals surface area contributed by atoms with E-state index in [2.05, 4.69) is 25.8 Å². The van der Waals surface area contributed by atoms with E-state index in [-0.39, 0.29) is 11.8 Å². The minimum Gasteiger partial charge on any atom is -0.495 e. The highest BCUT2D eigenvalue weighted by Crippen LogP contribution is 2.36. The number of anilines is 3. The third-order valence-electron chi connectivity index (χ3n) is 4.10. The van der Waals surface area contributed by atoms with E-state index in [1.54, 1.807) is 12.1 Å². The first-order valence-corrected chi connectivity index (χ1v) is 8.25. The summed E-state index contributed by atoms with van der Waals surface area (Å²) in [4.78, 5) is 7.66. The second-order valence-electron chi connectivity index (χ2n) is 5.94. The number of benzene rings is 1. The first-order chi connectivity index (χ1) is 13.2. The number of hydrogen-bond acceptors (Lipinski definition) is 7. The SMILES string of the molecule is CNc1nc(Nc2ccc(-c3c(C)noc3C)cc2OC)ncc1C(F)(F)F. The van der Waals surface area contributed by atoms with Crippen LogP contribution in [0.3, 0.4) is 0 Å². The predicted octanol–water partition coefficient (Wildman–Crippen LogP) is 4.56. The number of hydrogen-bond donors (Lipinski definition) is 2.